The third-order valence-electron chi connectivity index (χ3n) is 4.13. The van der Waals surface area contributed by atoms with E-state index in [2.05, 4.69) is 15.0 Å². The summed E-state index contributed by atoms with van der Waals surface area (Å²) in [7, 11) is -2.37. The summed E-state index contributed by atoms with van der Waals surface area (Å²) in [4.78, 5) is 36.0. The Hall–Kier alpha value is -2.42. The molecule has 10 nitrogen and oxygen atoms in total. The van der Waals surface area contributed by atoms with Crippen LogP contribution in [0.1, 0.15) is 39.3 Å². The molecule has 2 N–H and O–H groups in total. The van der Waals surface area contributed by atoms with Gasteiger partial charge in [-0.1, -0.05) is 6.08 Å². The highest BCUT2D eigenvalue weighted by atomic mass is 31.1. The number of aromatic nitrogens is 3. The molecule has 0 aromatic carbocycles. The van der Waals surface area contributed by atoms with Gasteiger partial charge in [-0.15, -0.1) is 0 Å². The van der Waals surface area contributed by atoms with E-state index in [1.165, 1.54) is 11.2 Å². The molecular formula is C18H25N4O6P. The summed E-state index contributed by atoms with van der Waals surface area (Å²) in [5.41, 5.74) is 0.349. The number of rotatable bonds is 6. The Morgan fingerprint density at radius 2 is 2.07 bits per heavy atom. The maximum absolute atomic E-state index is 12.9. The van der Waals surface area contributed by atoms with Crippen LogP contribution in [0.2, 0.25) is 0 Å². The van der Waals surface area contributed by atoms with Gasteiger partial charge in [-0.05, 0) is 33.8 Å². The molecule has 0 aliphatic carbocycles. The molecule has 158 valence electrons. The molecule has 29 heavy (non-hydrogen) atoms. The minimum absolute atomic E-state index is 0.134. The van der Waals surface area contributed by atoms with E-state index in [-0.39, 0.29) is 11.9 Å². The predicted molar refractivity (Wildman–Crippen MR) is 107 cm³/mol. The number of aromatic amines is 2. The molecule has 0 fully saturated rings. The van der Waals surface area contributed by atoms with Gasteiger partial charge in [-0.2, -0.15) is 0 Å². The van der Waals surface area contributed by atoms with Crippen molar-refractivity contribution in [3.8, 4) is 0 Å². The van der Waals surface area contributed by atoms with Crippen LogP contribution >= 0.6 is 8.03 Å². The SMILES string of the molecule is CCO[PH](=O)CO[C@@H]1C=C[C@H](c2c[nH]c3c(=O)[nH]cnc23)N1C(=O)OC(C)(C)C. The molecule has 11 heteroatoms. The van der Waals surface area contributed by atoms with Gasteiger partial charge in [0.05, 0.1) is 19.0 Å². The molecule has 2 aromatic heterocycles. The van der Waals surface area contributed by atoms with Crippen LogP contribution < -0.4 is 5.56 Å². The lowest BCUT2D eigenvalue weighted by atomic mass is 10.1. The van der Waals surface area contributed by atoms with E-state index >= 15 is 0 Å². The van der Waals surface area contributed by atoms with Crippen LogP contribution in [-0.4, -0.2) is 50.7 Å². The molecule has 1 aliphatic heterocycles. The molecule has 0 spiro atoms. The van der Waals surface area contributed by atoms with Gasteiger partial charge in [0.15, 0.2) is 6.23 Å². The van der Waals surface area contributed by atoms with E-state index < -0.39 is 32.0 Å². The van der Waals surface area contributed by atoms with Crippen molar-refractivity contribution < 1.29 is 23.4 Å². The van der Waals surface area contributed by atoms with Gasteiger partial charge >= 0.3 is 6.09 Å². The monoisotopic (exact) mass is 424 g/mol. The predicted octanol–water partition coefficient (Wildman–Crippen LogP) is 2.91. The highest BCUT2D eigenvalue weighted by Crippen LogP contribution is 2.36. The molecule has 2 aromatic rings. The van der Waals surface area contributed by atoms with Crippen molar-refractivity contribution in [2.45, 2.75) is 45.6 Å². The van der Waals surface area contributed by atoms with E-state index in [1.54, 1.807) is 46.0 Å². The summed E-state index contributed by atoms with van der Waals surface area (Å²) in [6.45, 7) is 7.35. The third-order valence-corrected chi connectivity index (χ3v) is 5.14. The lowest BCUT2D eigenvalue weighted by Gasteiger charge is -2.32. The smallest absolute Gasteiger partial charge is 0.413 e. The highest BCUT2D eigenvalue weighted by Gasteiger charge is 2.38. The third kappa shape index (κ3) is 4.77. The number of nitrogens with one attached hydrogen (secondary N) is 2. The quantitative estimate of drug-likeness (QED) is 0.539. The fourth-order valence-electron chi connectivity index (χ4n) is 3.02. The second kappa shape index (κ2) is 8.52. The zero-order valence-corrected chi connectivity index (χ0v) is 17.7. The van der Waals surface area contributed by atoms with Crippen LogP contribution in [0.5, 0.6) is 0 Å². The molecule has 0 saturated carbocycles. The van der Waals surface area contributed by atoms with Gasteiger partial charge in [-0.3, -0.25) is 14.3 Å². The summed E-state index contributed by atoms with van der Waals surface area (Å²) in [6.07, 6.45) is 4.85. The Morgan fingerprint density at radius 3 is 2.76 bits per heavy atom. The van der Waals surface area contributed by atoms with Crippen LogP contribution in [0.3, 0.4) is 0 Å². The Bertz CT molecular complexity index is 992. The molecule has 3 atom stereocenters. The van der Waals surface area contributed by atoms with Crippen molar-refractivity contribution in [3.05, 3.63) is 40.6 Å². The summed E-state index contributed by atoms with van der Waals surface area (Å²) in [5, 5.41) is 0. The van der Waals surface area contributed by atoms with Crippen molar-refractivity contribution in [2.24, 2.45) is 0 Å². The number of carbonyl (C=O) groups excluding carboxylic acids is 1. The fraction of sp³-hybridized carbons (Fsp3) is 0.500. The van der Waals surface area contributed by atoms with E-state index in [0.29, 0.717) is 23.2 Å². The molecule has 3 heterocycles. The van der Waals surface area contributed by atoms with Gasteiger partial charge in [0.2, 0.25) is 8.03 Å². The Balaban J connectivity index is 1.91. The summed E-state index contributed by atoms with van der Waals surface area (Å²) < 4.78 is 28.1. The second-order valence-corrected chi connectivity index (χ2v) is 8.74. The van der Waals surface area contributed by atoms with Crippen molar-refractivity contribution >= 4 is 25.2 Å². The normalized spacial score (nSPS) is 20.3. The number of amides is 1. The van der Waals surface area contributed by atoms with Crippen molar-refractivity contribution in [1.29, 1.82) is 0 Å². The number of H-pyrrole nitrogens is 2. The maximum Gasteiger partial charge on any atom is 0.413 e. The number of fused-ring (bicyclic) bond motifs is 1. The Morgan fingerprint density at radius 1 is 1.31 bits per heavy atom. The maximum atomic E-state index is 12.9. The van der Waals surface area contributed by atoms with E-state index in [1.807, 2.05) is 0 Å². The first kappa shape index (κ1) is 21.3. The van der Waals surface area contributed by atoms with Crippen molar-refractivity contribution in [2.75, 3.05) is 13.0 Å². The molecule has 0 radical (unpaired) electrons. The van der Waals surface area contributed by atoms with Gasteiger partial charge < -0.3 is 24.0 Å². The average molecular weight is 424 g/mol. The summed E-state index contributed by atoms with van der Waals surface area (Å²) in [5.74, 6) is 0. The average Bonchev–Trinajstić information content (AvgIpc) is 3.23. The van der Waals surface area contributed by atoms with E-state index in [0.717, 1.165) is 0 Å². The van der Waals surface area contributed by atoms with Crippen LogP contribution in [0.15, 0.2) is 29.5 Å². The lowest BCUT2D eigenvalue weighted by Crippen LogP contribution is -2.42. The van der Waals surface area contributed by atoms with Crippen LogP contribution in [-0.2, 0) is 18.6 Å². The molecule has 0 saturated heterocycles. The molecule has 1 amide bonds. The van der Waals surface area contributed by atoms with Crippen LogP contribution in [0, 0.1) is 0 Å². The first-order valence-electron chi connectivity index (χ1n) is 9.22. The number of nitrogens with zero attached hydrogens (tertiary/aromatic N) is 2. The largest absolute Gasteiger partial charge is 0.444 e. The van der Waals surface area contributed by atoms with Gasteiger partial charge in [0, 0.05) is 11.8 Å². The topological polar surface area (TPSA) is 127 Å². The highest BCUT2D eigenvalue weighted by molar-refractivity contribution is 7.38. The number of hydrogen-bond donors (Lipinski definition) is 2. The molecule has 0 bridgehead atoms. The lowest BCUT2D eigenvalue weighted by molar-refractivity contribution is -0.0374. The van der Waals surface area contributed by atoms with Crippen molar-refractivity contribution in [3.63, 3.8) is 0 Å². The van der Waals surface area contributed by atoms with E-state index in [9.17, 15) is 14.2 Å². The fourth-order valence-corrected chi connectivity index (χ4v) is 3.73. The Labute approximate surface area is 168 Å². The van der Waals surface area contributed by atoms with Gasteiger partial charge in [0.25, 0.3) is 5.56 Å². The summed E-state index contributed by atoms with van der Waals surface area (Å²) in [6, 6.07) is -0.577. The van der Waals surface area contributed by atoms with Gasteiger partial charge in [0.1, 0.15) is 23.0 Å². The van der Waals surface area contributed by atoms with Crippen molar-refractivity contribution in [1.82, 2.24) is 19.9 Å². The number of hydrogen-bond acceptors (Lipinski definition) is 7. The first-order valence-corrected chi connectivity index (χ1v) is 10.7. The zero-order chi connectivity index (χ0) is 21.2. The molecule has 1 aliphatic rings. The van der Waals surface area contributed by atoms with Gasteiger partial charge in [-0.25, -0.2) is 9.78 Å². The minimum Gasteiger partial charge on any atom is -0.444 e. The minimum atomic E-state index is -2.37. The number of ether oxygens (including phenoxy) is 2. The summed E-state index contributed by atoms with van der Waals surface area (Å²) >= 11 is 0. The second-order valence-electron chi connectivity index (χ2n) is 7.42. The van der Waals surface area contributed by atoms with Crippen LogP contribution in [0.4, 0.5) is 4.79 Å². The molecular weight excluding hydrogens is 399 g/mol. The standard InChI is InChI=1S/C18H25N4O6P/c1-5-27-29(25)10-26-13-7-6-12(22(13)17(24)28-18(2,3)4)11-8-19-15-14(11)20-9-21-16(15)23/h6-9,12-13,19,29H,5,10H2,1-4H3,(H,20,21,23)/t12-,13-/m1/s1. The molecule has 1 unspecified atom stereocenters. The van der Waals surface area contributed by atoms with Crippen LogP contribution in [0.25, 0.3) is 11.0 Å². The zero-order valence-electron chi connectivity index (χ0n) is 16.7. The van der Waals surface area contributed by atoms with E-state index in [4.69, 9.17) is 14.0 Å². The number of carbonyl (C=O) groups is 1. The molecule has 3 rings (SSSR count). The first-order chi connectivity index (χ1) is 13.7. The Kier molecular flexibility index (Phi) is 6.26.